The highest BCUT2D eigenvalue weighted by atomic mass is 32.2. The van der Waals surface area contributed by atoms with E-state index in [2.05, 4.69) is 17.2 Å². The Morgan fingerprint density at radius 1 is 0.771 bits per heavy atom. The van der Waals surface area contributed by atoms with Crippen LogP contribution in [0.25, 0.3) is 16.7 Å². The van der Waals surface area contributed by atoms with Crippen LogP contribution in [-0.4, -0.2) is 92.1 Å². The molecule has 0 bridgehead atoms. The number of rotatable bonds is 10. The quantitative estimate of drug-likeness (QED) is 0.108. The first-order chi connectivity index (χ1) is 32.9. The lowest BCUT2D eigenvalue weighted by Crippen LogP contribution is -2.47. The van der Waals surface area contributed by atoms with Crippen LogP contribution in [0.5, 0.6) is 11.5 Å². The highest BCUT2D eigenvalue weighted by Gasteiger charge is 2.37. The van der Waals surface area contributed by atoms with Gasteiger partial charge in [-0.2, -0.15) is 0 Å². The number of amides is 2. The first kappa shape index (κ1) is 47.7. The van der Waals surface area contributed by atoms with Gasteiger partial charge in [0.15, 0.2) is 5.54 Å². The second-order valence-electron chi connectivity index (χ2n) is 18.9. The largest absolute Gasteiger partial charge is 0.748 e. The van der Waals surface area contributed by atoms with Crippen LogP contribution < -0.4 is 35.0 Å². The Morgan fingerprint density at radius 2 is 1.43 bits per heavy atom. The Balaban J connectivity index is 1.14. The van der Waals surface area contributed by atoms with Gasteiger partial charge in [0, 0.05) is 84.2 Å². The number of para-hydroxylation sites is 1. The molecule has 5 aromatic rings. The van der Waals surface area contributed by atoms with Crippen LogP contribution in [0.3, 0.4) is 0 Å². The summed E-state index contributed by atoms with van der Waals surface area (Å²) in [7, 11) is -5.97. The Kier molecular flexibility index (Phi) is 11.8. The maximum absolute atomic E-state index is 13.9. The number of carbonyl (C=O) groups excluding carboxylic acids is 2. The summed E-state index contributed by atoms with van der Waals surface area (Å²) >= 11 is 0. The number of hydrogen-bond acceptors (Lipinski definition) is 11. The predicted octanol–water partition coefficient (Wildman–Crippen LogP) is 4.80. The molecule has 4 aliphatic rings. The molecular formula is C53H47N4O11S2-. The minimum Gasteiger partial charge on any atom is -0.748 e. The van der Waals surface area contributed by atoms with Gasteiger partial charge in [-0.1, -0.05) is 54.3 Å². The highest BCUT2D eigenvalue weighted by molar-refractivity contribution is 7.86. The molecule has 2 N–H and O–H groups in total. The van der Waals surface area contributed by atoms with E-state index in [-0.39, 0.29) is 70.3 Å². The molecule has 0 aromatic heterocycles. The lowest BCUT2D eigenvalue weighted by molar-refractivity contribution is -0.118. The van der Waals surface area contributed by atoms with Crippen molar-refractivity contribution in [1.82, 2.24) is 9.89 Å². The molecule has 0 aliphatic carbocycles. The molecule has 2 amide bonds. The van der Waals surface area contributed by atoms with Crippen molar-refractivity contribution in [3.05, 3.63) is 164 Å². The number of carboxylic acids is 1. The molecular weight excluding hydrogens is 933 g/mol. The number of nitrogens with zero attached hydrogens (tertiary/aromatic N) is 3. The molecule has 0 saturated heterocycles. The molecule has 0 atom stereocenters. The van der Waals surface area contributed by atoms with Crippen molar-refractivity contribution in [2.75, 3.05) is 41.9 Å². The second kappa shape index (κ2) is 17.2. The molecule has 0 fully saturated rings. The number of nitrogens with one attached hydrogen (secondary N) is 1. The Bertz CT molecular complexity index is 3660. The van der Waals surface area contributed by atoms with Crippen LogP contribution in [0, 0.1) is 11.8 Å². The molecule has 17 heteroatoms. The number of benzene rings is 5. The van der Waals surface area contributed by atoms with Crippen molar-refractivity contribution in [2.45, 2.75) is 51.7 Å². The summed E-state index contributed by atoms with van der Waals surface area (Å²) in [6.45, 7) is 7.61. The van der Waals surface area contributed by atoms with E-state index in [4.69, 9.17) is 4.74 Å². The first-order valence-corrected chi connectivity index (χ1v) is 25.4. The molecule has 0 saturated carbocycles. The van der Waals surface area contributed by atoms with Crippen LogP contribution in [-0.2, 0) is 31.6 Å². The average Bonchev–Trinajstić information content (AvgIpc) is 3.27. The van der Waals surface area contributed by atoms with Crippen molar-refractivity contribution in [2.24, 2.45) is 0 Å². The Labute approximate surface area is 405 Å². The zero-order chi connectivity index (χ0) is 50.2. The van der Waals surface area contributed by atoms with Crippen LogP contribution in [0.15, 0.2) is 103 Å². The minimum atomic E-state index is -4.79. The van der Waals surface area contributed by atoms with Crippen molar-refractivity contribution in [3.8, 4) is 23.3 Å². The molecule has 358 valence electrons. The summed E-state index contributed by atoms with van der Waals surface area (Å²) in [4.78, 5) is 44.7. The van der Waals surface area contributed by atoms with E-state index in [1.807, 2.05) is 99.8 Å². The SMILES string of the molecule is CN1c2cc3c(cc2C(CS(=O)(=O)[O-])=CC1(C)C)C(c1ccc(C(=O)NCCC(=O)N2Cc4ccccc4C#Cc4ccccc42)cc1C(=O)O)=c1cc2c(cc1O3)=[N+](C)C(C)(C)C=C2CS(=O)(=O)[O-]. The zero-order valence-corrected chi connectivity index (χ0v) is 40.7. The predicted molar refractivity (Wildman–Crippen MR) is 263 cm³/mol. The van der Waals surface area contributed by atoms with Crippen molar-refractivity contribution < 1.29 is 50.2 Å². The lowest BCUT2D eigenvalue weighted by atomic mass is 9.83. The van der Waals surface area contributed by atoms with E-state index in [1.165, 1.54) is 18.2 Å². The van der Waals surface area contributed by atoms with Gasteiger partial charge in [-0.15, -0.1) is 0 Å². The standard InChI is InChI=1S/C53H48N4O11S2/c1-52(2)26-35(29-69(62,63)64)38-22-41-46(24-44(38)55(52)5)68-47-25-45-39(36(30-70(65,66)67)27-53(3,4)56(45)6)23-42(47)49(41)37-18-17-33(21-40(37)51(60)61)50(59)54-20-19-48(58)57-28-34-13-8-7-11-31(34)15-16-32-12-9-10-14-43(32)57/h7-14,17-18,21-27H,19-20,28-30H2,1-6H3,(H3-,54,59,60,61,62,63,64,65,66,67)/p-1. The molecule has 0 radical (unpaired) electrons. The number of anilines is 2. The monoisotopic (exact) mass is 979 g/mol. The third-order valence-electron chi connectivity index (χ3n) is 13.4. The second-order valence-corrected chi connectivity index (χ2v) is 21.7. The molecule has 70 heavy (non-hydrogen) atoms. The number of aromatic carboxylic acids is 1. The fourth-order valence-corrected chi connectivity index (χ4v) is 10.8. The third-order valence-corrected chi connectivity index (χ3v) is 14.7. The molecule has 4 heterocycles. The molecule has 9 rings (SSSR count). The van der Waals surface area contributed by atoms with Crippen molar-refractivity contribution in [3.63, 3.8) is 0 Å². The summed E-state index contributed by atoms with van der Waals surface area (Å²) in [5.41, 5.74) is 3.55. The van der Waals surface area contributed by atoms with E-state index < -0.39 is 54.7 Å². The normalized spacial score (nSPS) is 16.2. The number of likely N-dealkylation sites (N-methyl/N-ethyl adjacent to an activating group) is 2. The van der Waals surface area contributed by atoms with Crippen LogP contribution >= 0.6 is 0 Å². The van der Waals surface area contributed by atoms with Crippen molar-refractivity contribution in [1.29, 1.82) is 0 Å². The van der Waals surface area contributed by atoms with Crippen molar-refractivity contribution >= 4 is 66.1 Å². The van der Waals surface area contributed by atoms with E-state index in [0.717, 1.165) is 11.1 Å². The summed E-state index contributed by atoms with van der Waals surface area (Å²) in [5.74, 6) is 2.88. The topological polar surface area (TPSA) is 217 Å². The van der Waals surface area contributed by atoms with Gasteiger partial charge in [0.1, 0.15) is 18.5 Å². The molecule has 15 nitrogen and oxygen atoms in total. The summed E-state index contributed by atoms with van der Waals surface area (Å²) in [6, 6.07) is 25.7. The van der Waals surface area contributed by atoms with Crippen LogP contribution in [0.2, 0.25) is 0 Å². The van der Waals surface area contributed by atoms with Gasteiger partial charge in [0.25, 0.3) is 5.91 Å². The van der Waals surface area contributed by atoms with Gasteiger partial charge >= 0.3 is 5.97 Å². The molecule has 0 unspecified atom stereocenters. The molecule has 0 spiro atoms. The summed E-state index contributed by atoms with van der Waals surface area (Å²) in [5, 5.41) is 14.5. The lowest BCUT2D eigenvalue weighted by Gasteiger charge is -2.42. The summed E-state index contributed by atoms with van der Waals surface area (Å²) in [6.07, 6.45) is 3.29. The van der Waals surface area contributed by atoms with Gasteiger partial charge in [0.2, 0.25) is 11.3 Å². The van der Waals surface area contributed by atoms with E-state index in [9.17, 15) is 45.4 Å². The Hall–Kier alpha value is -7.36. The number of carboxylic acid groups (broad SMARTS) is 1. The molecule has 5 aromatic carbocycles. The molecule has 4 aliphatic heterocycles. The van der Waals surface area contributed by atoms with Gasteiger partial charge in [-0.3, -0.25) is 9.59 Å². The number of carbonyl (C=O) groups is 3. The number of ether oxygens (including phenoxy) is 1. The maximum Gasteiger partial charge on any atom is 0.336 e. The minimum absolute atomic E-state index is 0.0251. The van der Waals surface area contributed by atoms with Gasteiger partial charge in [-0.05, 0) is 84.7 Å². The van der Waals surface area contributed by atoms with Gasteiger partial charge < -0.3 is 34.1 Å². The zero-order valence-electron chi connectivity index (χ0n) is 39.0. The third kappa shape index (κ3) is 9.02. The number of hydrogen-bond donors (Lipinski definition) is 2. The fourth-order valence-electron chi connectivity index (χ4n) is 9.57. The van der Waals surface area contributed by atoms with Crippen LogP contribution in [0.4, 0.5) is 11.4 Å². The number of fused-ring (bicyclic) bond motifs is 6. The van der Waals surface area contributed by atoms with Crippen LogP contribution in [0.1, 0.15) is 93.8 Å². The Morgan fingerprint density at radius 3 is 2.13 bits per heavy atom. The smallest absolute Gasteiger partial charge is 0.336 e. The van der Waals surface area contributed by atoms with E-state index in [0.29, 0.717) is 44.2 Å². The fraction of sp³-hybridized carbons (Fsp3) is 0.245. The van der Waals surface area contributed by atoms with Gasteiger partial charge in [0.05, 0.1) is 66.7 Å². The first-order valence-electron chi connectivity index (χ1n) is 22.2. The highest BCUT2D eigenvalue weighted by Crippen LogP contribution is 2.47. The summed E-state index contributed by atoms with van der Waals surface area (Å²) < 4.78 is 82.5. The van der Waals surface area contributed by atoms with E-state index in [1.54, 1.807) is 41.3 Å². The van der Waals surface area contributed by atoms with E-state index >= 15 is 0 Å². The van der Waals surface area contributed by atoms with Gasteiger partial charge in [-0.25, -0.2) is 26.2 Å². The average molecular weight is 980 g/mol. The maximum atomic E-state index is 13.9.